The molecule has 20 heavy (non-hydrogen) atoms. The molecule has 0 spiro atoms. The quantitative estimate of drug-likeness (QED) is 0.906. The van der Waals surface area contributed by atoms with E-state index in [1.54, 1.807) is 13.0 Å². The van der Waals surface area contributed by atoms with Gasteiger partial charge in [0.05, 0.1) is 15.7 Å². The molecule has 0 radical (unpaired) electrons. The Kier molecular flexibility index (Phi) is 4.08. The normalized spacial score (nSPS) is 11.3. The van der Waals surface area contributed by atoms with Crippen molar-refractivity contribution in [2.24, 2.45) is 0 Å². The predicted octanol–water partition coefficient (Wildman–Crippen LogP) is 2.79. The van der Waals surface area contributed by atoms with Gasteiger partial charge in [0, 0.05) is 18.5 Å². The van der Waals surface area contributed by atoms with E-state index in [1.165, 1.54) is 12.3 Å². The van der Waals surface area contributed by atoms with Crippen molar-refractivity contribution in [2.45, 2.75) is 11.8 Å². The lowest BCUT2D eigenvalue weighted by atomic mass is 10.2. The van der Waals surface area contributed by atoms with Crippen LogP contribution in [0.2, 0.25) is 10.0 Å². The summed E-state index contributed by atoms with van der Waals surface area (Å²) < 4.78 is 26.6. The minimum atomic E-state index is -4.07. The molecule has 1 aromatic heterocycles. The van der Waals surface area contributed by atoms with Gasteiger partial charge >= 0.3 is 0 Å². The van der Waals surface area contributed by atoms with Crippen molar-refractivity contribution in [3.63, 3.8) is 0 Å². The Balaban J connectivity index is 2.53. The Bertz CT molecular complexity index is 816. The summed E-state index contributed by atoms with van der Waals surface area (Å²) in [5.74, 6) is 0. The van der Waals surface area contributed by atoms with E-state index in [4.69, 9.17) is 23.2 Å². The molecule has 1 aromatic carbocycles. The van der Waals surface area contributed by atoms with Gasteiger partial charge in [-0.1, -0.05) is 29.3 Å². The van der Waals surface area contributed by atoms with Gasteiger partial charge in [0.1, 0.15) is 0 Å². The van der Waals surface area contributed by atoms with E-state index in [0.29, 0.717) is 5.56 Å². The van der Waals surface area contributed by atoms with Crippen LogP contribution in [0.5, 0.6) is 0 Å². The fourth-order valence-electron chi connectivity index (χ4n) is 1.55. The highest BCUT2D eigenvalue weighted by atomic mass is 35.5. The van der Waals surface area contributed by atoms with Crippen LogP contribution < -0.4 is 10.2 Å². The van der Waals surface area contributed by atoms with E-state index in [1.807, 2.05) is 0 Å². The zero-order chi connectivity index (χ0) is 14.9. The lowest BCUT2D eigenvalue weighted by molar-refractivity contribution is 0.600. The third-order valence-corrected chi connectivity index (χ3v) is 4.77. The van der Waals surface area contributed by atoms with Crippen LogP contribution in [0.25, 0.3) is 0 Å². The summed E-state index contributed by atoms with van der Waals surface area (Å²) in [6, 6.07) is 4.31. The maximum atomic E-state index is 12.2. The highest BCUT2D eigenvalue weighted by Crippen LogP contribution is 2.34. The molecule has 0 bridgehead atoms. The van der Waals surface area contributed by atoms with Crippen molar-refractivity contribution in [2.75, 3.05) is 4.72 Å². The van der Waals surface area contributed by atoms with E-state index in [9.17, 15) is 13.2 Å². The van der Waals surface area contributed by atoms with Crippen LogP contribution in [-0.2, 0) is 10.0 Å². The molecule has 0 aliphatic rings. The first-order valence-electron chi connectivity index (χ1n) is 5.47. The third-order valence-electron chi connectivity index (χ3n) is 2.60. The van der Waals surface area contributed by atoms with Crippen LogP contribution in [0, 0.1) is 6.92 Å². The van der Waals surface area contributed by atoms with Crippen LogP contribution in [0.1, 0.15) is 5.56 Å². The lowest BCUT2D eigenvalue weighted by Gasteiger charge is -2.12. The summed E-state index contributed by atoms with van der Waals surface area (Å²) in [6.45, 7) is 1.71. The molecule has 0 amide bonds. The molecule has 0 saturated heterocycles. The lowest BCUT2D eigenvalue weighted by Crippen LogP contribution is -2.21. The highest BCUT2D eigenvalue weighted by Gasteiger charge is 2.21. The largest absolute Gasteiger partial charge is 0.366 e. The zero-order valence-electron chi connectivity index (χ0n) is 10.3. The van der Waals surface area contributed by atoms with Crippen LogP contribution in [0.3, 0.4) is 0 Å². The second-order valence-corrected chi connectivity index (χ2v) is 6.47. The van der Waals surface area contributed by atoms with Crippen molar-refractivity contribution >= 4 is 38.9 Å². The predicted molar refractivity (Wildman–Crippen MR) is 79.1 cm³/mol. The van der Waals surface area contributed by atoms with E-state index in [-0.39, 0.29) is 15.7 Å². The molecule has 0 saturated carbocycles. The van der Waals surface area contributed by atoms with Gasteiger partial charge in [-0.3, -0.25) is 9.52 Å². The summed E-state index contributed by atoms with van der Waals surface area (Å²) in [6.07, 6.45) is 2.44. The molecule has 2 aromatic rings. The van der Waals surface area contributed by atoms with Gasteiger partial charge in [0.15, 0.2) is 4.90 Å². The Morgan fingerprint density at radius 3 is 2.55 bits per heavy atom. The van der Waals surface area contributed by atoms with Crippen molar-refractivity contribution in [1.82, 2.24) is 4.98 Å². The van der Waals surface area contributed by atoms with Crippen LogP contribution in [-0.4, -0.2) is 13.4 Å². The Labute approximate surface area is 125 Å². The maximum Gasteiger partial charge on any atom is 0.267 e. The number of H-pyrrole nitrogens is 1. The van der Waals surface area contributed by atoms with Crippen LogP contribution in [0.15, 0.2) is 40.3 Å². The summed E-state index contributed by atoms with van der Waals surface area (Å²) in [7, 11) is -4.07. The molecule has 1 heterocycles. The number of hydrogen-bond acceptors (Lipinski definition) is 3. The van der Waals surface area contributed by atoms with Gasteiger partial charge in [0.25, 0.3) is 10.0 Å². The minimum Gasteiger partial charge on any atom is -0.366 e. The van der Waals surface area contributed by atoms with Crippen molar-refractivity contribution in [1.29, 1.82) is 0 Å². The number of rotatable bonds is 3. The number of anilines is 1. The van der Waals surface area contributed by atoms with Gasteiger partial charge in [-0.15, -0.1) is 0 Å². The number of aromatic amines is 1. The first-order chi connectivity index (χ1) is 9.33. The summed E-state index contributed by atoms with van der Waals surface area (Å²) in [5.41, 5.74) is 0.0865. The standard InChI is InChI=1S/C12H10Cl2N2O3S/c1-7-2-3-8(13)12(11(7)14)16-20(18,19)10-6-15-5-4-9(10)17/h2-6,16H,1H3,(H,15,17). The smallest absolute Gasteiger partial charge is 0.267 e. The fraction of sp³-hybridized carbons (Fsp3) is 0.0833. The SMILES string of the molecule is Cc1ccc(Cl)c(NS(=O)(=O)c2c[nH]ccc2=O)c1Cl. The summed E-state index contributed by atoms with van der Waals surface area (Å²) in [4.78, 5) is 13.7. The molecular weight excluding hydrogens is 323 g/mol. The molecule has 8 heteroatoms. The highest BCUT2D eigenvalue weighted by molar-refractivity contribution is 7.92. The van der Waals surface area contributed by atoms with Crippen LogP contribution in [0.4, 0.5) is 5.69 Å². The number of pyridine rings is 1. The molecule has 106 valence electrons. The fourth-order valence-corrected chi connectivity index (χ4v) is 3.27. The second kappa shape index (κ2) is 5.47. The van der Waals surface area contributed by atoms with Gasteiger partial charge in [-0.25, -0.2) is 8.42 Å². The molecule has 2 N–H and O–H groups in total. The first-order valence-corrected chi connectivity index (χ1v) is 7.71. The van der Waals surface area contributed by atoms with E-state index in [2.05, 4.69) is 9.71 Å². The van der Waals surface area contributed by atoms with Gasteiger partial charge in [-0.2, -0.15) is 0 Å². The third kappa shape index (κ3) is 2.82. The number of sulfonamides is 1. The Morgan fingerprint density at radius 1 is 1.20 bits per heavy atom. The minimum absolute atomic E-state index is 0.0524. The average Bonchev–Trinajstić information content (AvgIpc) is 2.39. The van der Waals surface area contributed by atoms with Crippen molar-refractivity contribution < 1.29 is 8.42 Å². The van der Waals surface area contributed by atoms with Gasteiger partial charge in [0.2, 0.25) is 5.43 Å². The topological polar surface area (TPSA) is 79.0 Å². The van der Waals surface area contributed by atoms with E-state index < -0.39 is 20.3 Å². The molecule has 0 atom stereocenters. The molecule has 0 fully saturated rings. The van der Waals surface area contributed by atoms with Gasteiger partial charge in [-0.05, 0) is 18.6 Å². The number of benzene rings is 1. The first kappa shape index (κ1) is 14.9. The Hall–Kier alpha value is -1.50. The maximum absolute atomic E-state index is 12.2. The number of halogens is 2. The van der Waals surface area contributed by atoms with Gasteiger partial charge < -0.3 is 4.98 Å². The summed E-state index contributed by atoms with van der Waals surface area (Å²) >= 11 is 12.0. The zero-order valence-corrected chi connectivity index (χ0v) is 12.6. The molecular formula is C12H10Cl2N2O3S. The summed E-state index contributed by atoms with van der Waals surface area (Å²) in [5, 5.41) is 0.338. The molecule has 2 rings (SSSR count). The molecule has 0 aliphatic carbocycles. The Morgan fingerprint density at radius 2 is 1.90 bits per heavy atom. The van der Waals surface area contributed by atoms with Crippen LogP contribution >= 0.6 is 23.2 Å². The number of hydrogen-bond donors (Lipinski definition) is 2. The number of aromatic nitrogens is 1. The van der Waals surface area contributed by atoms with E-state index >= 15 is 0 Å². The molecule has 5 nitrogen and oxygen atoms in total. The average molecular weight is 333 g/mol. The van der Waals surface area contributed by atoms with Crippen molar-refractivity contribution in [3.8, 4) is 0 Å². The number of aryl methyl sites for hydroxylation is 1. The van der Waals surface area contributed by atoms with E-state index in [0.717, 1.165) is 12.3 Å². The monoisotopic (exact) mass is 332 g/mol. The second-order valence-electron chi connectivity index (χ2n) is 4.03. The number of nitrogens with one attached hydrogen (secondary N) is 2. The molecule has 0 aliphatic heterocycles. The molecule has 0 unspecified atom stereocenters. The van der Waals surface area contributed by atoms with Crippen molar-refractivity contribution in [3.05, 3.63) is 56.4 Å².